The van der Waals surface area contributed by atoms with Gasteiger partial charge in [0.1, 0.15) is 0 Å². The zero-order chi connectivity index (χ0) is 15.5. The van der Waals surface area contributed by atoms with Gasteiger partial charge in [-0.1, -0.05) is 44.5 Å². The highest BCUT2D eigenvalue weighted by atomic mass is 35.5. The first-order valence-electron chi connectivity index (χ1n) is 7.84. The molecular weight excluding hydrogens is 282 g/mol. The Balaban J connectivity index is 1.95. The molecule has 0 aliphatic carbocycles. The van der Waals surface area contributed by atoms with Gasteiger partial charge in [0.05, 0.1) is 10.7 Å². The van der Waals surface area contributed by atoms with Gasteiger partial charge in [-0.05, 0) is 24.0 Å². The molecule has 1 aliphatic rings. The summed E-state index contributed by atoms with van der Waals surface area (Å²) in [5.74, 6) is 0. The van der Waals surface area contributed by atoms with Crippen LogP contribution in [0.15, 0.2) is 24.3 Å². The SMILES string of the molecule is CC(C)(C)CC(CN)N1CCN(c2ccccc2Cl)CC1. The van der Waals surface area contributed by atoms with Crippen molar-refractivity contribution in [3.05, 3.63) is 29.3 Å². The predicted octanol–water partition coefficient (Wildman–Crippen LogP) is 3.23. The lowest BCUT2D eigenvalue weighted by molar-refractivity contribution is 0.145. The average molecular weight is 310 g/mol. The van der Waals surface area contributed by atoms with E-state index in [9.17, 15) is 0 Å². The molecule has 1 atom stereocenters. The number of rotatable bonds is 4. The molecule has 21 heavy (non-hydrogen) atoms. The second-order valence-corrected chi connectivity index (χ2v) is 7.54. The van der Waals surface area contributed by atoms with Crippen molar-refractivity contribution >= 4 is 17.3 Å². The lowest BCUT2D eigenvalue weighted by atomic mass is 9.87. The summed E-state index contributed by atoms with van der Waals surface area (Å²) in [5.41, 5.74) is 7.48. The highest BCUT2D eigenvalue weighted by Crippen LogP contribution is 2.28. The summed E-state index contributed by atoms with van der Waals surface area (Å²) in [7, 11) is 0. The molecule has 1 aromatic rings. The minimum Gasteiger partial charge on any atom is -0.368 e. The molecule has 0 saturated carbocycles. The highest BCUT2D eigenvalue weighted by molar-refractivity contribution is 6.33. The standard InChI is InChI=1S/C17H28ClN3/c1-17(2,3)12-14(13-19)20-8-10-21(11-9-20)16-7-5-4-6-15(16)18/h4-7,14H,8-13,19H2,1-3H3. The molecule has 0 aromatic heterocycles. The van der Waals surface area contributed by atoms with Gasteiger partial charge >= 0.3 is 0 Å². The summed E-state index contributed by atoms with van der Waals surface area (Å²) in [4.78, 5) is 4.92. The molecule has 118 valence electrons. The van der Waals surface area contributed by atoms with E-state index in [1.54, 1.807) is 0 Å². The summed E-state index contributed by atoms with van der Waals surface area (Å²) in [6, 6.07) is 8.59. The number of benzene rings is 1. The van der Waals surface area contributed by atoms with Gasteiger partial charge in [-0.3, -0.25) is 4.90 Å². The predicted molar refractivity (Wildman–Crippen MR) is 92.2 cm³/mol. The molecule has 1 saturated heterocycles. The number of hydrogen-bond acceptors (Lipinski definition) is 3. The van der Waals surface area contributed by atoms with Crippen LogP contribution >= 0.6 is 11.6 Å². The van der Waals surface area contributed by atoms with E-state index in [1.807, 2.05) is 12.1 Å². The largest absolute Gasteiger partial charge is 0.368 e. The Kier molecular flexibility index (Phi) is 5.53. The first-order chi connectivity index (χ1) is 9.90. The summed E-state index contributed by atoms with van der Waals surface area (Å²) >= 11 is 6.30. The molecule has 1 heterocycles. The van der Waals surface area contributed by atoms with Gasteiger partial charge in [-0.2, -0.15) is 0 Å². The van der Waals surface area contributed by atoms with Crippen molar-refractivity contribution in [1.29, 1.82) is 0 Å². The van der Waals surface area contributed by atoms with Crippen LogP contribution in [-0.2, 0) is 0 Å². The van der Waals surface area contributed by atoms with Gasteiger partial charge in [0.15, 0.2) is 0 Å². The minimum absolute atomic E-state index is 0.323. The van der Waals surface area contributed by atoms with Crippen LogP contribution in [0.5, 0.6) is 0 Å². The molecule has 0 spiro atoms. The fraction of sp³-hybridized carbons (Fsp3) is 0.647. The van der Waals surface area contributed by atoms with Gasteiger partial charge in [-0.25, -0.2) is 0 Å². The number of nitrogens with zero attached hydrogens (tertiary/aromatic N) is 2. The van der Waals surface area contributed by atoms with Crippen LogP contribution in [0.4, 0.5) is 5.69 Å². The van der Waals surface area contributed by atoms with Gasteiger partial charge in [0.2, 0.25) is 0 Å². The van der Waals surface area contributed by atoms with Gasteiger partial charge < -0.3 is 10.6 Å². The number of piperazine rings is 1. The van der Waals surface area contributed by atoms with Gasteiger partial charge in [-0.15, -0.1) is 0 Å². The maximum absolute atomic E-state index is 6.30. The first kappa shape index (κ1) is 16.6. The number of nitrogens with two attached hydrogens (primary N) is 1. The summed E-state index contributed by atoms with van der Waals surface area (Å²) in [6.45, 7) is 11.8. The second-order valence-electron chi connectivity index (χ2n) is 7.13. The van der Waals surface area contributed by atoms with Gasteiger partial charge in [0, 0.05) is 38.8 Å². The maximum atomic E-state index is 6.30. The zero-order valence-electron chi connectivity index (χ0n) is 13.5. The van der Waals surface area contributed by atoms with Crippen molar-refractivity contribution in [2.24, 2.45) is 11.1 Å². The Morgan fingerprint density at radius 3 is 2.29 bits per heavy atom. The van der Waals surface area contributed by atoms with E-state index in [1.165, 1.54) is 0 Å². The average Bonchev–Trinajstić information content (AvgIpc) is 2.45. The molecule has 0 amide bonds. The Morgan fingerprint density at radius 2 is 1.76 bits per heavy atom. The van der Waals surface area contributed by atoms with E-state index in [-0.39, 0.29) is 0 Å². The van der Waals surface area contributed by atoms with Crippen molar-refractivity contribution < 1.29 is 0 Å². The van der Waals surface area contributed by atoms with Gasteiger partial charge in [0.25, 0.3) is 0 Å². The zero-order valence-corrected chi connectivity index (χ0v) is 14.2. The normalized spacial score (nSPS) is 18.8. The third-order valence-corrected chi connectivity index (χ3v) is 4.46. The smallest absolute Gasteiger partial charge is 0.0639 e. The van der Waals surface area contributed by atoms with Crippen LogP contribution in [0.1, 0.15) is 27.2 Å². The van der Waals surface area contributed by atoms with Crippen LogP contribution in [0.3, 0.4) is 0 Å². The second kappa shape index (κ2) is 6.99. The molecule has 0 radical (unpaired) electrons. The van der Waals surface area contributed by atoms with E-state index in [2.05, 4.69) is 42.7 Å². The number of hydrogen-bond donors (Lipinski definition) is 1. The summed E-state index contributed by atoms with van der Waals surface area (Å²) in [5, 5.41) is 0.844. The fourth-order valence-electron chi connectivity index (χ4n) is 3.10. The molecule has 4 heteroatoms. The molecule has 2 N–H and O–H groups in total. The van der Waals surface area contributed by atoms with Crippen molar-refractivity contribution in [3.8, 4) is 0 Å². The number of halogens is 1. The van der Waals surface area contributed by atoms with Crippen molar-refractivity contribution in [1.82, 2.24) is 4.90 Å². The van der Waals surface area contributed by atoms with Crippen LogP contribution in [0.25, 0.3) is 0 Å². The monoisotopic (exact) mass is 309 g/mol. The van der Waals surface area contributed by atoms with Crippen LogP contribution in [0.2, 0.25) is 5.02 Å². The maximum Gasteiger partial charge on any atom is 0.0639 e. The summed E-state index contributed by atoms with van der Waals surface area (Å²) in [6.07, 6.45) is 1.15. The molecular formula is C17H28ClN3. The lowest BCUT2D eigenvalue weighted by Crippen LogP contribution is -2.53. The van der Waals surface area contributed by atoms with Crippen molar-refractivity contribution in [2.75, 3.05) is 37.6 Å². The molecule has 1 unspecified atom stereocenters. The highest BCUT2D eigenvalue weighted by Gasteiger charge is 2.27. The summed E-state index contributed by atoms with van der Waals surface area (Å²) < 4.78 is 0. The van der Waals surface area contributed by atoms with E-state index < -0.39 is 0 Å². The minimum atomic E-state index is 0.323. The van der Waals surface area contributed by atoms with Crippen LogP contribution < -0.4 is 10.6 Å². The fourth-order valence-corrected chi connectivity index (χ4v) is 3.36. The molecule has 1 fully saturated rings. The molecule has 3 nitrogen and oxygen atoms in total. The van der Waals surface area contributed by atoms with E-state index >= 15 is 0 Å². The Morgan fingerprint density at radius 1 is 1.14 bits per heavy atom. The first-order valence-corrected chi connectivity index (χ1v) is 8.22. The van der Waals surface area contributed by atoms with E-state index in [0.717, 1.165) is 49.9 Å². The molecule has 2 rings (SSSR count). The molecule has 1 aromatic carbocycles. The Bertz CT molecular complexity index is 448. The molecule has 1 aliphatic heterocycles. The quantitative estimate of drug-likeness (QED) is 0.927. The lowest BCUT2D eigenvalue weighted by Gasteiger charge is -2.41. The van der Waals surface area contributed by atoms with E-state index in [0.29, 0.717) is 11.5 Å². The number of anilines is 1. The third kappa shape index (κ3) is 4.60. The molecule has 0 bridgehead atoms. The Hall–Kier alpha value is -0.770. The van der Waals surface area contributed by atoms with E-state index in [4.69, 9.17) is 17.3 Å². The van der Waals surface area contributed by atoms with Crippen LogP contribution in [-0.4, -0.2) is 43.7 Å². The van der Waals surface area contributed by atoms with Crippen LogP contribution in [0, 0.1) is 5.41 Å². The third-order valence-electron chi connectivity index (χ3n) is 4.14. The Labute approximate surface area is 134 Å². The number of para-hydroxylation sites is 1. The van der Waals surface area contributed by atoms with Crippen molar-refractivity contribution in [3.63, 3.8) is 0 Å². The van der Waals surface area contributed by atoms with Crippen molar-refractivity contribution in [2.45, 2.75) is 33.2 Å². The topological polar surface area (TPSA) is 32.5 Å².